The van der Waals surface area contributed by atoms with Crippen LogP contribution in [0.5, 0.6) is 5.75 Å². The molecule has 2 aromatic carbocycles. The predicted octanol–water partition coefficient (Wildman–Crippen LogP) is 4.28. The van der Waals surface area contributed by atoms with Gasteiger partial charge in [0.05, 0.1) is 23.3 Å². The third kappa shape index (κ3) is 3.41. The second-order valence-corrected chi connectivity index (χ2v) is 5.00. The number of hydrogen-bond donors (Lipinski definition) is 1. The topological polar surface area (TPSA) is 29.5 Å². The highest BCUT2D eigenvalue weighted by Crippen LogP contribution is 2.31. The van der Waals surface area contributed by atoms with Gasteiger partial charge in [-0.25, -0.2) is 0 Å². The monoisotopic (exact) mass is 296 g/mol. The molecule has 1 atom stereocenters. The van der Waals surface area contributed by atoms with Crippen molar-refractivity contribution in [2.45, 2.75) is 12.5 Å². The minimum Gasteiger partial charge on any atom is -0.497 e. The van der Waals surface area contributed by atoms with Crippen LogP contribution in [0.15, 0.2) is 42.5 Å². The summed E-state index contributed by atoms with van der Waals surface area (Å²) < 4.78 is 5.16. The summed E-state index contributed by atoms with van der Waals surface area (Å²) in [5.74, 6) is 0.766. The van der Waals surface area contributed by atoms with E-state index in [4.69, 9.17) is 27.9 Å². The van der Waals surface area contributed by atoms with Gasteiger partial charge in [-0.2, -0.15) is 0 Å². The Hall–Kier alpha value is -1.22. The number of aliphatic hydroxyl groups is 1. The van der Waals surface area contributed by atoms with E-state index in [1.54, 1.807) is 25.3 Å². The maximum Gasteiger partial charge on any atom is 0.119 e. The van der Waals surface area contributed by atoms with Crippen molar-refractivity contribution in [3.05, 3.63) is 63.6 Å². The van der Waals surface area contributed by atoms with Crippen LogP contribution in [-0.4, -0.2) is 12.2 Å². The molecule has 0 heterocycles. The van der Waals surface area contributed by atoms with Crippen molar-refractivity contribution in [2.75, 3.05) is 7.11 Å². The molecule has 0 radical (unpaired) electrons. The zero-order chi connectivity index (χ0) is 13.8. The number of ether oxygens (including phenoxy) is 1. The molecule has 19 heavy (non-hydrogen) atoms. The lowest BCUT2D eigenvalue weighted by Gasteiger charge is -2.14. The molecule has 0 aliphatic rings. The van der Waals surface area contributed by atoms with Crippen molar-refractivity contribution in [2.24, 2.45) is 0 Å². The third-order valence-electron chi connectivity index (χ3n) is 2.90. The van der Waals surface area contributed by atoms with Gasteiger partial charge in [-0.3, -0.25) is 0 Å². The van der Waals surface area contributed by atoms with Crippen molar-refractivity contribution >= 4 is 23.2 Å². The van der Waals surface area contributed by atoms with Crippen LogP contribution in [0.2, 0.25) is 10.0 Å². The molecule has 0 fully saturated rings. The van der Waals surface area contributed by atoms with E-state index in [9.17, 15) is 5.11 Å². The van der Waals surface area contributed by atoms with Crippen LogP contribution in [0.1, 0.15) is 17.2 Å². The van der Waals surface area contributed by atoms with Crippen LogP contribution in [0.4, 0.5) is 0 Å². The molecule has 1 N–H and O–H groups in total. The van der Waals surface area contributed by atoms with Gasteiger partial charge in [-0.1, -0.05) is 47.5 Å². The molecule has 2 aromatic rings. The fraction of sp³-hybridized carbons (Fsp3) is 0.200. The highest BCUT2D eigenvalue weighted by molar-refractivity contribution is 6.42. The lowest BCUT2D eigenvalue weighted by Crippen LogP contribution is -2.03. The van der Waals surface area contributed by atoms with Gasteiger partial charge in [0.2, 0.25) is 0 Å². The largest absolute Gasteiger partial charge is 0.497 e. The molecule has 0 amide bonds. The second kappa shape index (κ2) is 6.29. The van der Waals surface area contributed by atoms with Gasteiger partial charge in [-0.05, 0) is 23.8 Å². The lowest BCUT2D eigenvalue weighted by molar-refractivity contribution is 0.178. The smallest absolute Gasteiger partial charge is 0.119 e. The van der Waals surface area contributed by atoms with Gasteiger partial charge >= 0.3 is 0 Å². The first kappa shape index (κ1) is 14.2. The molecular formula is C15H14Cl2O2. The van der Waals surface area contributed by atoms with E-state index in [1.807, 2.05) is 24.3 Å². The van der Waals surface area contributed by atoms with Crippen molar-refractivity contribution in [1.82, 2.24) is 0 Å². The van der Waals surface area contributed by atoms with Crippen molar-refractivity contribution < 1.29 is 9.84 Å². The van der Waals surface area contributed by atoms with E-state index in [2.05, 4.69) is 0 Å². The number of rotatable bonds is 4. The molecule has 0 spiro atoms. The van der Waals surface area contributed by atoms with E-state index < -0.39 is 6.10 Å². The minimum absolute atomic E-state index is 0.402. The van der Waals surface area contributed by atoms with Crippen LogP contribution in [0.3, 0.4) is 0 Å². The maximum absolute atomic E-state index is 10.3. The van der Waals surface area contributed by atoms with Gasteiger partial charge < -0.3 is 9.84 Å². The first-order chi connectivity index (χ1) is 9.11. The summed E-state index contributed by atoms with van der Waals surface area (Å²) in [4.78, 5) is 0. The first-order valence-corrected chi connectivity index (χ1v) is 6.62. The average Bonchev–Trinajstić information content (AvgIpc) is 2.42. The Kier molecular flexibility index (Phi) is 4.70. The van der Waals surface area contributed by atoms with E-state index in [0.29, 0.717) is 22.0 Å². The van der Waals surface area contributed by atoms with Gasteiger partial charge in [-0.15, -0.1) is 0 Å². The quantitative estimate of drug-likeness (QED) is 0.912. The summed E-state index contributed by atoms with van der Waals surface area (Å²) >= 11 is 12.0. The molecule has 2 rings (SSSR count). The fourth-order valence-electron chi connectivity index (χ4n) is 1.91. The minimum atomic E-state index is -0.696. The van der Waals surface area contributed by atoms with Crippen LogP contribution >= 0.6 is 23.2 Å². The zero-order valence-corrected chi connectivity index (χ0v) is 11.9. The molecule has 1 unspecified atom stereocenters. The fourth-order valence-corrected chi connectivity index (χ4v) is 2.34. The highest BCUT2D eigenvalue weighted by atomic mass is 35.5. The average molecular weight is 297 g/mol. The van der Waals surface area contributed by atoms with Crippen LogP contribution < -0.4 is 4.74 Å². The zero-order valence-electron chi connectivity index (χ0n) is 10.4. The first-order valence-electron chi connectivity index (χ1n) is 5.86. The predicted molar refractivity (Wildman–Crippen MR) is 78.1 cm³/mol. The number of hydrogen-bond acceptors (Lipinski definition) is 2. The van der Waals surface area contributed by atoms with Gasteiger partial charge in [0, 0.05) is 12.0 Å². The second-order valence-electron chi connectivity index (χ2n) is 4.21. The molecule has 4 heteroatoms. The Balaban J connectivity index is 2.20. The number of methoxy groups -OCH3 is 1. The van der Waals surface area contributed by atoms with Gasteiger partial charge in [0.15, 0.2) is 0 Å². The summed E-state index contributed by atoms with van der Waals surface area (Å²) in [7, 11) is 1.61. The van der Waals surface area contributed by atoms with E-state index >= 15 is 0 Å². The Labute approximate surface area is 122 Å². The third-order valence-corrected chi connectivity index (χ3v) is 3.74. The Morgan fingerprint density at radius 2 is 1.89 bits per heavy atom. The molecule has 0 aliphatic carbocycles. The van der Waals surface area contributed by atoms with Crippen molar-refractivity contribution in [1.29, 1.82) is 0 Å². The van der Waals surface area contributed by atoms with E-state index in [1.165, 1.54) is 0 Å². The molecule has 0 saturated carbocycles. The number of halogens is 2. The van der Waals surface area contributed by atoms with Crippen LogP contribution in [0, 0.1) is 0 Å². The lowest BCUT2D eigenvalue weighted by atomic mass is 10.0. The summed E-state index contributed by atoms with van der Waals surface area (Å²) in [5.41, 5.74) is 1.61. The molecular weight excluding hydrogens is 283 g/mol. The maximum atomic E-state index is 10.3. The van der Waals surface area contributed by atoms with Gasteiger partial charge in [0.25, 0.3) is 0 Å². The molecule has 2 nitrogen and oxygen atoms in total. The van der Waals surface area contributed by atoms with Crippen molar-refractivity contribution in [3.8, 4) is 5.75 Å². The summed E-state index contributed by atoms with van der Waals surface area (Å²) in [6.07, 6.45) is -0.240. The van der Waals surface area contributed by atoms with E-state index in [0.717, 1.165) is 11.3 Å². The summed E-state index contributed by atoms with van der Waals surface area (Å²) in [6.45, 7) is 0. The summed E-state index contributed by atoms with van der Waals surface area (Å²) in [5, 5.41) is 11.1. The van der Waals surface area contributed by atoms with Gasteiger partial charge in [0.1, 0.15) is 5.75 Å². The molecule has 0 aliphatic heterocycles. The van der Waals surface area contributed by atoms with Crippen LogP contribution in [-0.2, 0) is 6.42 Å². The SMILES string of the molecule is COc1cccc(CC(O)c2cccc(Cl)c2Cl)c1. The molecule has 0 saturated heterocycles. The molecule has 0 aromatic heterocycles. The number of benzene rings is 2. The Morgan fingerprint density at radius 1 is 1.16 bits per heavy atom. The number of aliphatic hydroxyl groups excluding tert-OH is 1. The van der Waals surface area contributed by atoms with E-state index in [-0.39, 0.29) is 0 Å². The Morgan fingerprint density at radius 3 is 2.63 bits per heavy atom. The van der Waals surface area contributed by atoms with Crippen molar-refractivity contribution in [3.63, 3.8) is 0 Å². The Bertz CT molecular complexity index is 570. The normalized spacial score (nSPS) is 12.2. The molecule has 100 valence electrons. The van der Waals surface area contributed by atoms with Crippen LogP contribution in [0.25, 0.3) is 0 Å². The standard InChI is InChI=1S/C15H14Cl2O2/c1-19-11-5-2-4-10(8-11)9-14(18)12-6-3-7-13(16)15(12)17/h2-8,14,18H,9H2,1H3. The highest BCUT2D eigenvalue weighted by Gasteiger charge is 2.14. The molecule has 0 bridgehead atoms. The summed E-state index contributed by atoms with van der Waals surface area (Å²) in [6, 6.07) is 12.8.